The summed E-state index contributed by atoms with van der Waals surface area (Å²) in [5, 5.41) is 18.5. The average Bonchev–Trinajstić information content (AvgIpc) is 3.11. The van der Waals surface area contributed by atoms with Crippen LogP contribution in [0.25, 0.3) is 0 Å². The molecule has 0 spiro atoms. The quantitative estimate of drug-likeness (QED) is 0.338. The lowest BCUT2D eigenvalue weighted by Gasteiger charge is -2.36. The highest BCUT2D eigenvalue weighted by Crippen LogP contribution is 2.17. The Labute approximate surface area is 194 Å². The summed E-state index contributed by atoms with van der Waals surface area (Å²) in [7, 11) is 0. The van der Waals surface area contributed by atoms with Crippen molar-refractivity contribution in [1.29, 1.82) is 0 Å². The zero-order chi connectivity index (χ0) is 19.9. The first-order chi connectivity index (χ1) is 13.5. The van der Waals surface area contributed by atoms with Gasteiger partial charge in [0.1, 0.15) is 5.76 Å². The zero-order valence-electron chi connectivity index (χ0n) is 16.8. The molecule has 0 aliphatic carbocycles. The number of aliphatic hydroxyl groups is 1. The Morgan fingerprint density at radius 1 is 1.28 bits per heavy atom. The Morgan fingerprint density at radius 3 is 2.55 bits per heavy atom. The normalized spacial score (nSPS) is 16.4. The van der Waals surface area contributed by atoms with Crippen LogP contribution in [0.1, 0.15) is 30.0 Å². The van der Waals surface area contributed by atoms with E-state index in [1.54, 1.807) is 12.1 Å². The van der Waals surface area contributed by atoms with E-state index in [9.17, 15) is 5.11 Å². The third kappa shape index (κ3) is 7.13. The molecule has 1 aromatic heterocycles. The molecule has 9 heteroatoms. The average molecular weight is 534 g/mol. The molecule has 1 aromatic carbocycles. The third-order valence-corrected chi connectivity index (χ3v) is 4.99. The molecular weight excluding hydrogens is 505 g/mol. The first-order valence-corrected chi connectivity index (χ1v) is 10.0. The number of halogens is 2. The van der Waals surface area contributed by atoms with Gasteiger partial charge in [0.2, 0.25) is 0 Å². The minimum Gasteiger partial charge on any atom is -0.386 e. The minimum absolute atomic E-state index is 0. The molecule has 29 heavy (non-hydrogen) atoms. The van der Waals surface area contributed by atoms with E-state index in [2.05, 4.69) is 25.3 Å². The number of hydrogen-bond donors (Lipinski definition) is 2. The molecule has 1 unspecified atom stereocenters. The fourth-order valence-electron chi connectivity index (χ4n) is 3.23. The van der Waals surface area contributed by atoms with Gasteiger partial charge in [-0.1, -0.05) is 28.9 Å². The summed E-state index contributed by atoms with van der Waals surface area (Å²) in [6.45, 7) is 9.46. The second-order valence-electron chi connectivity index (χ2n) is 6.95. The summed E-state index contributed by atoms with van der Waals surface area (Å²) in [6, 6.07) is 9.21. The summed E-state index contributed by atoms with van der Waals surface area (Å²) in [6.07, 6.45) is -0.650. The van der Waals surface area contributed by atoms with E-state index in [0.29, 0.717) is 11.6 Å². The number of hydrogen-bond acceptors (Lipinski definition) is 5. The standard InChI is InChI=1S/C20H28ClN5O2.HI/c1-3-22-20(23-13-19(27)16-4-6-17(21)7-5-16)26-10-8-25(9-11-26)14-18-12-15(2)28-24-18;/h4-7,12,19,27H,3,8-11,13-14H2,1-2H3,(H,22,23);1H. The van der Waals surface area contributed by atoms with E-state index >= 15 is 0 Å². The molecule has 3 rings (SSSR count). The van der Waals surface area contributed by atoms with Gasteiger partial charge in [0, 0.05) is 50.4 Å². The highest BCUT2D eigenvalue weighted by Gasteiger charge is 2.21. The van der Waals surface area contributed by atoms with Crippen molar-refractivity contribution in [3.8, 4) is 0 Å². The van der Waals surface area contributed by atoms with Gasteiger partial charge < -0.3 is 19.8 Å². The van der Waals surface area contributed by atoms with Crippen LogP contribution in [0.5, 0.6) is 0 Å². The molecule has 1 fully saturated rings. The Bertz CT molecular complexity index is 775. The number of aryl methyl sites for hydroxylation is 1. The number of aromatic nitrogens is 1. The van der Waals surface area contributed by atoms with Crippen molar-refractivity contribution in [2.24, 2.45) is 4.99 Å². The molecule has 2 aromatic rings. The van der Waals surface area contributed by atoms with Crippen molar-refractivity contribution < 1.29 is 9.63 Å². The van der Waals surface area contributed by atoms with Crippen LogP contribution in [0.15, 0.2) is 39.8 Å². The monoisotopic (exact) mass is 533 g/mol. The Hall–Kier alpha value is -1.36. The number of rotatable bonds is 6. The molecule has 2 N–H and O–H groups in total. The Morgan fingerprint density at radius 2 is 1.97 bits per heavy atom. The molecule has 0 amide bonds. The molecule has 160 valence electrons. The summed E-state index contributed by atoms with van der Waals surface area (Å²) >= 11 is 5.91. The summed E-state index contributed by atoms with van der Waals surface area (Å²) in [5.74, 6) is 1.68. The van der Waals surface area contributed by atoms with Crippen molar-refractivity contribution >= 4 is 41.5 Å². The van der Waals surface area contributed by atoms with Gasteiger partial charge in [-0.05, 0) is 31.5 Å². The lowest BCUT2D eigenvalue weighted by Crippen LogP contribution is -2.52. The van der Waals surface area contributed by atoms with Crippen LogP contribution in [0.3, 0.4) is 0 Å². The van der Waals surface area contributed by atoms with E-state index < -0.39 is 6.10 Å². The molecule has 0 bridgehead atoms. The summed E-state index contributed by atoms with van der Waals surface area (Å²) in [4.78, 5) is 9.25. The van der Waals surface area contributed by atoms with Crippen molar-refractivity contribution in [2.45, 2.75) is 26.5 Å². The molecule has 1 aliphatic rings. The molecule has 1 aliphatic heterocycles. The van der Waals surface area contributed by atoms with E-state index in [1.165, 1.54) is 0 Å². The van der Waals surface area contributed by atoms with Gasteiger partial charge in [-0.25, -0.2) is 0 Å². The fraction of sp³-hybridized carbons (Fsp3) is 0.500. The van der Waals surface area contributed by atoms with Crippen molar-refractivity contribution in [3.63, 3.8) is 0 Å². The van der Waals surface area contributed by atoms with Gasteiger partial charge in [0.15, 0.2) is 5.96 Å². The number of nitrogens with one attached hydrogen (secondary N) is 1. The largest absolute Gasteiger partial charge is 0.386 e. The summed E-state index contributed by atoms with van der Waals surface area (Å²) < 4.78 is 5.15. The van der Waals surface area contributed by atoms with E-state index in [-0.39, 0.29) is 24.0 Å². The molecular formula is C20H29ClIN5O2. The van der Waals surface area contributed by atoms with Crippen molar-refractivity contribution in [3.05, 3.63) is 52.4 Å². The van der Waals surface area contributed by atoms with Crippen LogP contribution in [0.4, 0.5) is 0 Å². The van der Waals surface area contributed by atoms with E-state index in [4.69, 9.17) is 16.1 Å². The SMILES string of the molecule is CCNC(=NCC(O)c1ccc(Cl)cc1)N1CCN(Cc2cc(C)on2)CC1.I. The van der Waals surface area contributed by atoms with Gasteiger partial charge in [-0.3, -0.25) is 9.89 Å². The molecule has 1 saturated heterocycles. The lowest BCUT2D eigenvalue weighted by atomic mass is 10.1. The third-order valence-electron chi connectivity index (χ3n) is 4.74. The Kier molecular flexibility index (Phi) is 9.67. The van der Waals surface area contributed by atoms with Gasteiger partial charge >= 0.3 is 0 Å². The highest BCUT2D eigenvalue weighted by atomic mass is 127. The van der Waals surface area contributed by atoms with Crippen LogP contribution < -0.4 is 5.32 Å². The van der Waals surface area contributed by atoms with Crippen LogP contribution >= 0.6 is 35.6 Å². The first-order valence-electron chi connectivity index (χ1n) is 9.66. The second-order valence-corrected chi connectivity index (χ2v) is 7.39. The predicted octanol–water partition coefficient (Wildman–Crippen LogP) is 3.07. The number of piperazine rings is 1. The highest BCUT2D eigenvalue weighted by molar-refractivity contribution is 14.0. The molecule has 0 radical (unpaired) electrons. The van der Waals surface area contributed by atoms with Gasteiger partial charge in [0.05, 0.1) is 18.3 Å². The van der Waals surface area contributed by atoms with E-state index in [1.807, 2.05) is 32.0 Å². The second kappa shape index (κ2) is 11.7. The smallest absolute Gasteiger partial charge is 0.194 e. The van der Waals surface area contributed by atoms with Gasteiger partial charge in [-0.15, -0.1) is 24.0 Å². The van der Waals surface area contributed by atoms with Crippen LogP contribution in [0, 0.1) is 6.92 Å². The van der Waals surface area contributed by atoms with Gasteiger partial charge in [0.25, 0.3) is 0 Å². The number of guanidine groups is 1. The maximum atomic E-state index is 10.4. The predicted molar refractivity (Wildman–Crippen MR) is 126 cm³/mol. The van der Waals surface area contributed by atoms with Crippen LogP contribution in [-0.2, 0) is 6.54 Å². The zero-order valence-corrected chi connectivity index (χ0v) is 19.9. The Balaban J connectivity index is 0.00000300. The molecule has 0 saturated carbocycles. The number of benzene rings is 1. The van der Waals surface area contributed by atoms with Crippen LogP contribution in [0.2, 0.25) is 5.02 Å². The van der Waals surface area contributed by atoms with Crippen LogP contribution in [-0.4, -0.2) is 65.3 Å². The van der Waals surface area contributed by atoms with Gasteiger partial charge in [-0.2, -0.15) is 0 Å². The first kappa shape index (κ1) is 23.9. The fourth-order valence-corrected chi connectivity index (χ4v) is 3.35. The lowest BCUT2D eigenvalue weighted by molar-refractivity contribution is 0.166. The number of aliphatic hydroxyl groups excluding tert-OH is 1. The summed E-state index contributed by atoms with van der Waals surface area (Å²) in [5.41, 5.74) is 1.79. The topological polar surface area (TPSA) is 77.1 Å². The minimum atomic E-state index is -0.650. The maximum absolute atomic E-state index is 10.4. The van der Waals surface area contributed by atoms with Crippen molar-refractivity contribution in [2.75, 3.05) is 39.3 Å². The molecule has 1 atom stereocenters. The van der Waals surface area contributed by atoms with Crippen molar-refractivity contribution in [1.82, 2.24) is 20.3 Å². The van der Waals surface area contributed by atoms with E-state index in [0.717, 1.165) is 62.2 Å². The number of nitrogens with zero attached hydrogens (tertiary/aromatic N) is 4. The number of aliphatic imine (C=N–C) groups is 1. The maximum Gasteiger partial charge on any atom is 0.194 e. The molecule has 7 nitrogen and oxygen atoms in total. The molecule has 2 heterocycles.